The Balaban J connectivity index is 2.89. The first-order valence-corrected chi connectivity index (χ1v) is 4.36. The maximum absolute atomic E-state index is 10.8. The first-order chi connectivity index (χ1) is 6.56. The summed E-state index contributed by atoms with van der Waals surface area (Å²) >= 11 is 0. The van der Waals surface area contributed by atoms with Crippen molar-refractivity contribution in [2.45, 2.75) is 25.9 Å². The number of carbonyl (C=O) groups is 2. The number of rotatable bonds is 5. The maximum atomic E-state index is 10.8. The van der Waals surface area contributed by atoms with Gasteiger partial charge in [0.25, 0.3) is 0 Å². The van der Waals surface area contributed by atoms with Crippen LogP contribution in [0.15, 0.2) is 11.1 Å². The van der Waals surface area contributed by atoms with Gasteiger partial charge in [-0.25, -0.2) is 9.59 Å². The van der Waals surface area contributed by atoms with Gasteiger partial charge in [0, 0.05) is 12.0 Å². The molecule has 0 aromatic rings. The molecular weight excluding hydrogens is 188 g/mol. The van der Waals surface area contributed by atoms with E-state index in [9.17, 15) is 9.59 Å². The summed E-state index contributed by atoms with van der Waals surface area (Å²) in [5.41, 5.74) is -0.0736. The zero-order valence-corrected chi connectivity index (χ0v) is 7.82. The van der Waals surface area contributed by atoms with Gasteiger partial charge in [-0.2, -0.15) is 0 Å². The Kier molecular flexibility index (Phi) is 3.24. The van der Waals surface area contributed by atoms with Crippen LogP contribution in [-0.2, 0) is 14.3 Å². The van der Waals surface area contributed by atoms with E-state index in [0.717, 1.165) is 0 Å². The molecule has 0 saturated carbocycles. The van der Waals surface area contributed by atoms with Crippen LogP contribution in [0, 0.1) is 0 Å². The van der Waals surface area contributed by atoms with Crippen LogP contribution in [0.4, 0.5) is 0 Å². The highest BCUT2D eigenvalue weighted by Gasteiger charge is 2.29. The van der Waals surface area contributed by atoms with E-state index in [1.165, 1.54) is 0 Å². The summed E-state index contributed by atoms with van der Waals surface area (Å²) in [5, 5.41) is 17.6. The Morgan fingerprint density at radius 1 is 1.29 bits per heavy atom. The van der Waals surface area contributed by atoms with Crippen LogP contribution < -0.4 is 0 Å². The topological polar surface area (TPSA) is 87.1 Å². The van der Waals surface area contributed by atoms with E-state index in [0.29, 0.717) is 6.61 Å². The lowest BCUT2D eigenvalue weighted by Gasteiger charge is -2.04. The highest BCUT2D eigenvalue weighted by Crippen LogP contribution is 2.23. The number of hydrogen-bond acceptors (Lipinski definition) is 3. The summed E-state index contributed by atoms with van der Waals surface area (Å²) in [6, 6.07) is 0. The van der Waals surface area contributed by atoms with Gasteiger partial charge >= 0.3 is 11.9 Å². The molecule has 1 unspecified atom stereocenters. The number of carboxylic acids is 2. The number of hydrogen-bond donors (Lipinski definition) is 2. The van der Waals surface area contributed by atoms with Crippen LogP contribution in [0.25, 0.3) is 0 Å². The normalized spacial score (nSPS) is 21.4. The molecule has 1 rings (SSSR count). The van der Waals surface area contributed by atoms with Crippen molar-refractivity contribution in [3.63, 3.8) is 0 Å². The second kappa shape index (κ2) is 4.23. The van der Waals surface area contributed by atoms with Gasteiger partial charge in [0.15, 0.2) is 0 Å². The van der Waals surface area contributed by atoms with Crippen molar-refractivity contribution in [1.82, 2.24) is 0 Å². The lowest BCUT2D eigenvalue weighted by Crippen LogP contribution is -2.12. The number of epoxide rings is 1. The fraction of sp³-hybridized carbons (Fsp3) is 0.556. The van der Waals surface area contributed by atoms with Crippen LogP contribution >= 0.6 is 0 Å². The third-order valence-electron chi connectivity index (χ3n) is 2.07. The van der Waals surface area contributed by atoms with Gasteiger partial charge in [0.05, 0.1) is 18.3 Å². The monoisotopic (exact) mass is 200 g/mol. The van der Waals surface area contributed by atoms with Crippen molar-refractivity contribution in [3.05, 3.63) is 11.1 Å². The molecule has 14 heavy (non-hydrogen) atoms. The van der Waals surface area contributed by atoms with Gasteiger partial charge in [-0.1, -0.05) is 6.92 Å². The average molecular weight is 200 g/mol. The molecule has 1 aliphatic rings. The molecule has 78 valence electrons. The zero-order chi connectivity index (χ0) is 10.7. The molecular formula is C9H12O5. The third kappa shape index (κ3) is 2.56. The van der Waals surface area contributed by atoms with E-state index in [-0.39, 0.29) is 30.1 Å². The van der Waals surface area contributed by atoms with Crippen molar-refractivity contribution < 1.29 is 24.5 Å². The lowest BCUT2D eigenvalue weighted by atomic mass is 10.0. The summed E-state index contributed by atoms with van der Waals surface area (Å²) in [5.74, 6) is -2.33. The molecule has 2 N–H and O–H groups in total. The molecule has 0 aromatic heterocycles. The zero-order valence-electron chi connectivity index (χ0n) is 7.82. The molecule has 1 fully saturated rings. The number of aliphatic carboxylic acids is 2. The molecule has 0 aliphatic carbocycles. The summed E-state index contributed by atoms with van der Waals surface area (Å²) in [6.07, 6.45) is 0.288. The molecule has 0 amide bonds. The maximum Gasteiger partial charge on any atom is 0.332 e. The first kappa shape index (κ1) is 10.7. The van der Waals surface area contributed by atoms with Gasteiger partial charge in [-0.05, 0) is 6.42 Å². The molecule has 5 heteroatoms. The molecule has 0 radical (unpaired) electrons. The molecule has 0 spiro atoms. The van der Waals surface area contributed by atoms with Crippen molar-refractivity contribution >= 4 is 11.9 Å². The largest absolute Gasteiger partial charge is 0.478 e. The number of ether oxygens (including phenoxy) is 1. The van der Waals surface area contributed by atoms with Gasteiger partial charge in [0.2, 0.25) is 0 Å². The van der Waals surface area contributed by atoms with Crippen LogP contribution in [-0.4, -0.2) is 34.9 Å². The van der Waals surface area contributed by atoms with E-state index >= 15 is 0 Å². The van der Waals surface area contributed by atoms with Crippen LogP contribution in [0.3, 0.4) is 0 Å². The molecule has 1 saturated heterocycles. The minimum absolute atomic E-state index is 0.0343. The predicted octanol–water partition coefficient (Wildman–Crippen LogP) is 0.651. The Labute approximate surface area is 81.0 Å². The Morgan fingerprint density at radius 2 is 1.79 bits per heavy atom. The number of carboxylic acid groups (broad SMARTS) is 2. The van der Waals surface area contributed by atoms with Gasteiger partial charge in [0.1, 0.15) is 0 Å². The molecule has 0 bridgehead atoms. The quantitative estimate of drug-likeness (QED) is 0.502. The minimum atomic E-state index is -1.17. The van der Waals surface area contributed by atoms with E-state index in [2.05, 4.69) is 0 Å². The Morgan fingerprint density at radius 3 is 2.07 bits per heavy atom. The van der Waals surface area contributed by atoms with Gasteiger partial charge in [-0.15, -0.1) is 0 Å². The average Bonchev–Trinajstić information content (AvgIpc) is 2.86. The van der Waals surface area contributed by atoms with Crippen molar-refractivity contribution in [2.75, 3.05) is 6.61 Å². The van der Waals surface area contributed by atoms with Gasteiger partial charge in [-0.3, -0.25) is 0 Å². The molecule has 1 atom stereocenters. The van der Waals surface area contributed by atoms with E-state index in [1.54, 1.807) is 6.92 Å². The van der Waals surface area contributed by atoms with E-state index in [4.69, 9.17) is 14.9 Å². The Hall–Kier alpha value is -1.36. The fourth-order valence-corrected chi connectivity index (χ4v) is 1.25. The summed E-state index contributed by atoms with van der Waals surface area (Å²) < 4.78 is 4.87. The molecule has 1 heterocycles. The van der Waals surface area contributed by atoms with Crippen molar-refractivity contribution in [3.8, 4) is 0 Å². The summed E-state index contributed by atoms with van der Waals surface area (Å²) in [7, 11) is 0. The lowest BCUT2D eigenvalue weighted by molar-refractivity contribution is -0.136. The first-order valence-electron chi connectivity index (χ1n) is 4.36. The van der Waals surface area contributed by atoms with E-state index < -0.39 is 11.9 Å². The molecule has 0 aromatic carbocycles. The van der Waals surface area contributed by atoms with Crippen LogP contribution in [0.5, 0.6) is 0 Å². The van der Waals surface area contributed by atoms with Crippen molar-refractivity contribution in [1.29, 1.82) is 0 Å². The van der Waals surface area contributed by atoms with E-state index in [1.807, 2.05) is 0 Å². The smallest absolute Gasteiger partial charge is 0.332 e. The fourth-order valence-electron chi connectivity index (χ4n) is 1.25. The molecule has 5 nitrogen and oxygen atoms in total. The van der Waals surface area contributed by atoms with Crippen molar-refractivity contribution in [2.24, 2.45) is 0 Å². The highest BCUT2D eigenvalue weighted by molar-refractivity contribution is 5.98. The van der Waals surface area contributed by atoms with Crippen LogP contribution in [0.1, 0.15) is 19.8 Å². The highest BCUT2D eigenvalue weighted by atomic mass is 16.6. The predicted molar refractivity (Wildman–Crippen MR) is 46.9 cm³/mol. The second-order valence-electron chi connectivity index (χ2n) is 3.08. The van der Waals surface area contributed by atoms with Crippen LogP contribution in [0.2, 0.25) is 0 Å². The standard InChI is InChI=1S/C9H12O5/c1-2-6(8(10)11)7(9(12)13)3-5-4-14-5/h5H,2-4H2,1H3,(H,10,11)(H,12,13)/b7-6-. The summed E-state index contributed by atoms with van der Waals surface area (Å²) in [4.78, 5) is 21.5. The summed E-state index contributed by atoms with van der Waals surface area (Å²) in [6.45, 7) is 2.15. The Bertz CT molecular complexity index is 288. The SMILES string of the molecule is CC/C(C(=O)O)=C(\CC1CO1)C(=O)O. The third-order valence-corrected chi connectivity index (χ3v) is 2.07. The van der Waals surface area contributed by atoms with Gasteiger partial charge < -0.3 is 14.9 Å². The second-order valence-corrected chi connectivity index (χ2v) is 3.08. The molecule has 1 aliphatic heterocycles. The minimum Gasteiger partial charge on any atom is -0.478 e.